The molecule has 1 heterocycles. The molecule has 1 fully saturated rings. The van der Waals surface area contributed by atoms with Crippen LogP contribution in [0.2, 0.25) is 0 Å². The van der Waals surface area contributed by atoms with Crippen LogP contribution in [0.3, 0.4) is 0 Å². The van der Waals surface area contributed by atoms with E-state index in [-0.39, 0.29) is 0 Å². The van der Waals surface area contributed by atoms with Crippen molar-refractivity contribution in [1.82, 2.24) is 4.98 Å². The first-order chi connectivity index (χ1) is 8.29. The molecule has 17 heavy (non-hydrogen) atoms. The zero-order chi connectivity index (χ0) is 12.1. The molecule has 2 unspecified atom stereocenters. The maximum atomic E-state index is 4.28. The van der Waals surface area contributed by atoms with Crippen molar-refractivity contribution in [3.8, 4) is 0 Å². The second-order valence-electron chi connectivity index (χ2n) is 5.68. The van der Waals surface area contributed by atoms with Gasteiger partial charge in [-0.15, -0.1) is 0 Å². The van der Waals surface area contributed by atoms with Crippen molar-refractivity contribution in [3.05, 3.63) is 30.1 Å². The quantitative estimate of drug-likeness (QED) is 0.715. The Hall–Kier alpha value is -0.850. The molecular formula is C16H25N. The first-order valence-electron chi connectivity index (χ1n) is 7.19. The summed E-state index contributed by atoms with van der Waals surface area (Å²) < 4.78 is 0. The summed E-state index contributed by atoms with van der Waals surface area (Å²) in [6, 6.07) is 4.34. The van der Waals surface area contributed by atoms with Crippen LogP contribution in [0, 0.1) is 5.41 Å². The van der Waals surface area contributed by atoms with Crippen molar-refractivity contribution >= 4 is 0 Å². The van der Waals surface area contributed by atoms with E-state index >= 15 is 0 Å². The van der Waals surface area contributed by atoms with E-state index in [0.717, 1.165) is 5.92 Å². The first kappa shape index (κ1) is 12.6. The number of hydrogen-bond acceptors (Lipinski definition) is 1. The molecule has 0 saturated heterocycles. The van der Waals surface area contributed by atoms with Gasteiger partial charge in [0.15, 0.2) is 0 Å². The molecule has 0 N–H and O–H groups in total. The van der Waals surface area contributed by atoms with Crippen LogP contribution in [-0.2, 0) is 0 Å². The SMILES string of the molecule is CCCC1(CC)CCCC(c2cccnc2)C1. The summed E-state index contributed by atoms with van der Waals surface area (Å²) >= 11 is 0. The second-order valence-corrected chi connectivity index (χ2v) is 5.68. The van der Waals surface area contributed by atoms with Crippen molar-refractivity contribution < 1.29 is 0 Å². The highest BCUT2D eigenvalue weighted by Gasteiger charge is 2.34. The number of rotatable bonds is 4. The lowest BCUT2D eigenvalue weighted by Gasteiger charge is -2.40. The molecule has 1 aliphatic rings. The van der Waals surface area contributed by atoms with E-state index in [0.29, 0.717) is 5.41 Å². The molecule has 0 aromatic carbocycles. The largest absolute Gasteiger partial charge is 0.264 e. The van der Waals surface area contributed by atoms with E-state index < -0.39 is 0 Å². The standard InChI is InChI=1S/C16H25N/c1-3-9-16(4-2)10-5-7-14(12-16)15-8-6-11-17-13-15/h6,8,11,13-14H,3-5,7,9-10,12H2,1-2H3. The van der Waals surface area contributed by atoms with Gasteiger partial charge >= 0.3 is 0 Å². The van der Waals surface area contributed by atoms with Gasteiger partial charge in [-0.3, -0.25) is 4.98 Å². The summed E-state index contributed by atoms with van der Waals surface area (Å²) in [6.07, 6.45) is 13.6. The highest BCUT2D eigenvalue weighted by Crippen LogP contribution is 2.48. The van der Waals surface area contributed by atoms with E-state index in [1.165, 1.54) is 50.5 Å². The predicted molar refractivity (Wildman–Crippen MR) is 73.1 cm³/mol. The lowest BCUT2D eigenvalue weighted by Crippen LogP contribution is -2.27. The highest BCUT2D eigenvalue weighted by molar-refractivity contribution is 5.16. The molecule has 94 valence electrons. The molecule has 0 radical (unpaired) electrons. The summed E-state index contributed by atoms with van der Waals surface area (Å²) in [7, 11) is 0. The van der Waals surface area contributed by atoms with Crippen LogP contribution in [0.15, 0.2) is 24.5 Å². The highest BCUT2D eigenvalue weighted by atomic mass is 14.6. The summed E-state index contributed by atoms with van der Waals surface area (Å²) in [5.74, 6) is 0.754. The average molecular weight is 231 g/mol. The van der Waals surface area contributed by atoms with E-state index in [1.54, 1.807) is 0 Å². The minimum Gasteiger partial charge on any atom is -0.264 e. The molecule has 1 nitrogen and oxygen atoms in total. The van der Waals surface area contributed by atoms with Gasteiger partial charge in [-0.2, -0.15) is 0 Å². The maximum absolute atomic E-state index is 4.28. The summed E-state index contributed by atoms with van der Waals surface area (Å²) in [5.41, 5.74) is 2.08. The summed E-state index contributed by atoms with van der Waals surface area (Å²) in [5, 5.41) is 0. The molecule has 1 aromatic rings. The van der Waals surface area contributed by atoms with Gasteiger partial charge in [-0.25, -0.2) is 0 Å². The van der Waals surface area contributed by atoms with Crippen LogP contribution >= 0.6 is 0 Å². The van der Waals surface area contributed by atoms with E-state index in [2.05, 4.69) is 37.2 Å². The first-order valence-corrected chi connectivity index (χ1v) is 7.19. The fourth-order valence-electron chi connectivity index (χ4n) is 3.61. The Morgan fingerprint density at radius 3 is 2.94 bits per heavy atom. The van der Waals surface area contributed by atoms with Crippen molar-refractivity contribution in [2.24, 2.45) is 5.41 Å². The Morgan fingerprint density at radius 1 is 1.41 bits per heavy atom. The number of nitrogens with zero attached hydrogens (tertiary/aromatic N) is 1. The molecule has 1 aliphatic carbocycles. The summed E-state index contributed by atoms with van der Waals surface area (Å²) in [4.78, 5) is 4.28. The van der Waals surface area contributed by atoms with Gasteiger partial charge in [0.2, 0.25) is 0 Å². The number of pyridine rings is 1. The fourth-order valence-corrected chi connectivity index (χ4v) is 3.61. The van der Waals surface area contributed by atoms with Crippen LogP contribution in [0.25, 0.3) is 0 Å². The summed E-state index contributed by atoms with van der Waals surface area (Å²) in [6.45, 7) is 4.70. The van der Waals surface area contributed by atoms with Crippen molar-refractivity contribution in [2.75, 3.05) is 0 Å². The molecule has 0 aliphatic heterocycles. The van der Waals surface area contributed by atoms with Crippen molar-refractivity contribution in [2.45, 2.75) is 64.7 Å². The Balaban J connectivity index is 2.11. The monoisotopic (exact) mass is 231 g/mol. The lowest BCUT2D eigenvalue weighted by atomic mass is 9.65. The fraction of sp³-hybridized carbons (Fsp3) is 0.688. The molecule has 2 atom stereocenters. The van der Waals surface area contributed by atoms with Gasteiger partial charge in [-0.05, 0) is 48.6 Å². The van der Waals surface area contributed by atoms with E-state index in [9.17, 15) is 0 Å². The second kappa shape index (κ2) is 5.66. The van der Waals surface area contributed by atoms with Crippen LogP contribution < -0.4 is 0 Å². The molecule has 1 saturated carbocycles. The lowest BCUT2D eigenvalue weighted by molar-refractivity contribution is 0.146. The van der Waals surface area contributed by atoms with Crippen molar-refractivity contribution in [1.29, 1.82) is 0 Å². The Labute approximate surface area is 106 Å². The Morgan fingerprint density at radius 2 is 2.29 bits per heavy atom. The average Bonchev–Trinajstić information content (AvgIpc) is 2.40. The van der Waals surface area contributed by atoms with Gasteiger partial charge in [0, 0.05) is 12.4 Å². The molecule has 1 heteroatoms. The smallest absolute Gasteiger partial charge is 0.0302 e. The third-order valence-electron chi connectivity index (χ3n) is 4.63. The minimum atomic E-state index is 0.619. The Kier molecular flexibility index (Phi) is 4.20. The molecule has 0 amide bonds. The third kappa shape index (κ3) is 2.88. The van der Waals surface area contributed by atoms with Crippen LogP contribution in [0.4, 0.5) is 0 Å². The number of aromatic nitrogens is 1. The molecule has 2 rings (SSSR count). The third-order valence-corrected chi connectivity index (χ3v) is 4.63. The zero-order valence-electron chi connectivity index (χ0n) is 11.3. The van der Waals surface area contributed by atoms with Crippen LogP contribution in [-0.4, -0.2) is 4.98 Å². The van der Waals surface area contributed by atoms with Crippen LogP contribution in [0.1, 0.15) is 70.3 Å². The van der Waals surface area contributed by atoms with Gasteiger partial charge < -0.3 is 0 Å². The molecular weight excluding hydrogens is 206 g/mol. The Bertz CT molecular complexity index is 329. The molecule has 0 spiro atoms. The maximum Gasteiger partial charge on any atom is 0.0302 e. The van der Waals surface area contributed by atoms with Gasteiger partial charge in [0.1, 0.15) is 0 Å². The van der Waals surface area contributed by atoms with Gasteiger partial charge in [0.25, 0.3) is 0 Å². The molecule has 1 aromatic heterocycles. The van der Waals surface area contributed by atoms with Gasteiger partial charge in [-0.1, -0.05) is 39.2 Å². The van der Waals surface area contributed by atoms with E-state index in [4.69, 9.17) is 0 Å². The topological polar surface area (TPSA) is 12.9 Å². The zero-order valence-corrected chi connectivity index (χ0v) is 11.3. The number of hydrogen-bond donors (Lipinski definition) is 0. The van der Waals surface area contributed by atoms with E-state index in [1.807, 2.05) is 6.20 Å². The van der Waals surface area contributed by atoms with Gasteiger partial charge in [0.05, 0.1) is 0 Å². The predicted octanol–water partition coefficient (Wildman–Crippen LogP) is 4.94. The molecule has 0 bridgehead atoms. The van der Waals surface area contributed by atoms with Crippen LogP contribution in [0.5, 0.6) is 0 Å². The minimum absolute atomic E-state index is 0.619. The normalized spacial score (nSPS) is 29.2. The van der Waals surface area contributed by atoms with Crippen molar-refractivity contribution in [3.63, 3.8) is 0 Å².